The molecule has 2 saturated heterocycles. The van der Waals surface area contributed by atoms with Gasteiger partial charge in [0.15, 0.2) is 0 Å². The van der Waals surface area contributed by atoms with E-state index in [4.69, 9.17) is 4.74 Å². The van der Waals surface area contributed by atoms with Crippen molar-refractivity contribution in [2.75, 3.05) is 6.61 Å². The van der Waals surface area contributed by atoms with Gasteiger partial charge in [0.05, 0.1) is 12.0 Å². The first-order chi connectivity index (χ1) is 11.0. The Morgan fingerprint density at radius 2 is 2.13 bits per heavy atom. The average molecular weight is 323 g/mol. The van der Waals surface area contributed by atoms with Crippen LogP contribution in [0.2, 0.25) is 0 Å². The minimum absolute atomic E-state index is 0.0843. The van der Waals surface area contributed by atoms with Crippen LogP contribution in [-0.2, 0) is 16.1 Å². The molecule has 0 radical (unpaired) electrons. The van der Waals surface area contributed by atoms with Gasteiger partial charge in [0.25, 0.3) is 0 Å². The largest absolute Gasteiger partial charge is 0.466 e. The number of carbonyl (C=O) groups is 1. The van der Waals surface area contributed by atoms with E-state index < -0.39 is 17.0 Å². The molecule has 126 valence electrons. The molecule has 0 N–H and O–H groups in total. The lowest BCUT2D eigenvalue weighted by atomic mass is 9.72. The Kier molecular flexibility index (Phi) is 4.41. The summed E-state index contributed by atoms with van der Waals surface area (Å²) in [5.41, 5.74) is 0.00849. The number of hydrogen-bond donors (Lipinski definition) is 0. The quantitative estimate of drug-likeness (QED) is 0.775. The van der Waals surface area contributed by atoms with Gasteiger partial charge in [-0.1, -0.05) is 13.0 Å². The molecule has 0 unspecified atom stereocenters. The Hall–Kier alpha value is -1.49. The number of esters is 1. The zero-order chi connectivity index (χ0) is 16.6. The number of carbonyl (C=O) groups excluding carboxylic acids is 1. The lowest BCUT2D eigenvalue weighted by Gasteiger charge is -2.34. The number of fused-ring (bicyclic) bond motifs is 2. The molecule has 23 heavy (non-hydrogen) atoms. The highest BCUT2D eigenvalue weighted by molar-refractivity contribution is 5.78. The predicted octanol–water partition coefficient (Wildman–Crippen LogP) is 3.66. The first-order valence-corrected chi connectivity index (χ1v) is 8.38. The van der Waals surface area contributed by atoms with Crippen molar-refractivity contribution in [3.05, 3.63) is 35.4 Å². The van der Waals surface area contributed by atoms with Crippen molar-refractivity contribution in [2.24, 2.45) is 5.41 Å². The van der Waals surface area contributed by atoms with E-state index in [0.717, 1.165) is 31.7 Å². The molecule has 3 nitrogen and oxygen atoms in total. The number of halogens is 2. The van der Waals surface area contributed by atoms with E-state index in [0.29, 0.717) is 18.7 Å². The summed E-state index contributed by atoms with van der Waals surface area (Å²) < 4.78 is 32.4. The topological polar surface area (TPSA) is 29.5 Å². The van der Waals surface area contributed by atoms with Gasteiger partial charge in [-0.3, -0.25) is 9.69 Å². The van der Waals surface area contributed by atoms with E-state index in [1.807, 2.05) is 13.8 Å². The van der Waals surface area contributed by atoms with Crippen LogP contribution in [0.25, 0.3) is 0 Å². The lowest BCUT2D eigenvalue weighted by Crippen LogP contribution is -2.44. The highest BCUT2D eigenvalue weighted by atomic mass is 19.1. The molecule has 5 heteroatoms. The zero-order valence-corrected chi connectivity index (χ0v) is 13.6. The molecular formula is C18H23F2NO2. The first-order valence-electron chi connectivity index (χ1n) is 8.38. The van der Waals surface area contributed by atoms with E-state index in [2.05, 4.69) is 4.90 Å². The smallest absolute Gasteiger partial charge is 0.313 e. The van der Waals surface area contributed by atoms with Crippen LogP contribution in [-0.4, -0.2) is 29.6 Å². The number of benzene rings is 1. The first kappa shape index (κ1) is 16.4. The minimum Gasteiger partial charge on any atom is -0.466 e. The minimum atomic E-state index is -0.565. The molecule has 0 saturated carbocycles. The van der Waals surface area contributed by atoms with Gasteiger partial charge in [-0.15, -0.1) is 0 Å². The summed E-state index contributed by atoms with van der Waals surface area (Å²) in [6, 6.07) is 4.07. The molecule has 3 rings (SSSR count). The Bertz CT molecular complexity index is 607. The molecule has 2 heterocycles. The van der Waals surface area contributed by atoms with Crippen LogP contribution in [0.5, 0.6) is 0 Å². The molecule has 2 aliphatic rings. The van der Waals surface area contributed by atoms with E-state index in [1.165, 1.54) is 12.1 Å². The third kappa shape index (κ3) is 2.65. The summed E-state index contributed by atoms with van der Waals surface area (Å²) in [4.78, 5) is 14.7. The number of rotatable bonds is 5. The summed E-state index contributed by atoms with van der Waals surface area (Å²) >= 11 is 0. The molecule has 2 fully saturated rings. The van der Waals surface area contributed by atoms with Gasteiger partial charge in [0.1, 0.15) is 11.6 Å². The maximum absolute atomic E-state index is 14.0. The summed E-state index contributed by atoms with van der Waals surface area (Å²) in [6.07, 6.45) is 3.46. The van der Waals surface area contributed by atoms with Crippen molar-refractivity contribution in [3.8, 4) is 0 Å². The molecule has 2 bridgehead atoms. The van der Waals surface area contributed by atoms with E-state index in [-0.39, 0.29) is 18.1 Å². The molecule has 0 aliphatic carbocycles. The monoisotopic (exact) mass is 323 g/mol. The van der Waals surface area contributed by atoms with E-state index in [1.54, 1.807) is 0 Å². The van der Waals surface area contributed by atoms with Crippen LogP contribution in [0.4, 0.5) is 8.78 Å². The molecule has 0 spiro atoms. The van der Waals surface area contributed by atoms with Crippen molar-refractivity contribution in [2.45, 2.75) is 58.2 Å². The third-order valence-corrected chi connectivity index (χ3v) is 5.56. The number of nitrogens with zero attached hydrogens (tertiary/aromatic N) is 1. The highest BCUT2D eigenvalue weighted by Gasteiger charge is 2.59. The molecule has 0 aromatic heterocycles. The lowest BCUT2D eigenvalue weighted by molar-refractivity contribution is -0.157. The Morgan fingerprint density at radius 1 is 1.35 bits per heavy atom. The molecule has 1 aromatic carbocycles. The van der Waals surface area contributed by atoms with Gasteiger partial charge in [0.2, 0.25) is 0 Å². The maximum Gasteiger partial charge on any atom is 0.313 e. The summed E-state index contributed by atoms with van der Waals surface area (Å²) in [5, 5.41) is 0. The second-order valence-electron chi connectivity index (χ2n) is 6.59. The van der Waals surface area contributed by atoms with Gasteiger partial charge in [-0.2, -0.15) is 0 Å². The van der Waals surface area contributed by atoms with Crippen molar-refractivity contribution < 1.29 is 18.3 Å². The van der Waals surface area contributed by atoms with E-state index in [9.17, 15) is 13.6 Å². The standard InChI is InChI=1S/C18H23F2NO2/c1-3-18(17(22)23-4-2)10-14-7-8-16(18)21(14)11-12-5-6-13(19)9-15(12)20/h5-6,9,14,16H,3-4,7-8,10-11H2,1-2H3/t14-,16+,18+/m0/s1. The Labute approximate surface area is 135 Å². The summed E-state index contributed by atoms with van der Waals surface area (Å²) in [7, 11) is 0. The predicted molar refractivity (Wildman–Crippen MR) is 82.7 cm³/mol. The molecule has 0 amide bonds. The fraction of sp³-hybridized carbons (Fsp3) is 0.611. The van der Waals surface area contributed by atoms with E-state index >= 15 is 0 Å². The Balaban J connectivity index is 1.83. The van der Waals surface area contributed by atoms with Gasteiger partial charge in [-0.05, 0) is 38.7 Å². The molecular weight excluding hydrogens is 300 g/mol. The van der Waals surface area contributed by atoms with Crippen molar-refractivity contribution in [1.29, 1.82) is 0 Å². The summed E-state index contributed by atoms with van der Waals surface area (Å²) in [6.45, 7) is 4.64. The second kappa shape index (κ2) is 6.19. The normalized spacial score (nSPS) is 29.9. The third-order valence-electron chi connectivity index (χ3n) is 5.56. The van der Waals surface area contributed by atoms with Crippen LogP contribution in [0.1, 0.15) is 45.1 Å². The zero-order valence-electron chi connectivity index (χ0n) is 13.6. The Morgan fingerprint density at radius 3 is 2.78 bits per heavy atom. The van der Waals surface area contributed by atoms with Crippen LogP contribution in [0, 0.1) is 17.0 Å². The van der Waals surface area contributed by atoms with Crippen LogP contribution in [0.15, 0.2) is 18.2 Å². The molecule has 3 atom stereocenters. The van der Waals surface area contributed by atoms with Crippen molar-refractivity contribution in [3.63, 3.8) is 0 Å². The molecule has 1 aromatic rings. The van der Waals surface area contributed by atoms with Crippen LogP contribution >= 0.6 is 0 Å². The van der Waals surface area contributed by atoms with Crippen LogP contribution < -0.4 is 0 Å². The van der Waals surface area contributed by atoms with Crippen molar-refractivity contribution >= 4 is 5.97 Å². The average Bonchev–Trinajstić information content (AvgIpc) is 3.05. The van der Waals surface area contributed by atoms with Gasteiger partial charge in [-0.25, -0.2) is 8.78 Å². The maximum atomic E-state index is 14.0. The van der Waals surface area contributed by atoms with Gasteiger partial charge < -0.3 is 4.74 Å². The number of ether oxygens (including phenoxy) is 1. The second-order valence-corrected chi connectivity index (χ2v) is 6.59. The fourth-order valence-electron chi connectivity index (χ4n) is 4.41. The number of hydrogen-bond acceptors (Lipinski definition) is 3. The summed E-state index contributed by atoms with van der Waals surface area (Å²) in [5.74, 6) is -1.21. The van der Waals surface area contributed by atoms with Gasteiger partial charge in [0, 0.05) is 30.3 Å². The fourth-order valence-corrected chi connectivity index (χ4v) is 4.41. The molecule has 2 aliphatic heterocycles. The SMILES string of the molecule is CCOC(=O)[C@]1(CC)C[C@@H]2CC[C@H]1N2Cc1ccc(F)cc1F. The van der Waals surface area contributed by atoms with Gasteiger partial charge >= 0.3 is 5.97 Å². The highest BCUT2D eigenvalue weighted by Crippen LogP contribution is 2.52. The van der Waals surface area contributed by atoms with Crippen molar-refractivity contribution in [1.82, 2.24) is 4.90 Å². The van der Waals surface area contributed by atoms with Crippen LogP contribution in [0.3, 0.4) is 0 Å².